The molecule has 120 valence electrons. The highest BCUT2D eigenvalue weighted by atomic mass is 32.2. The zero-order chi connectivity index (χ0) is 15.6. The maximum absolute atomic E-state index is 11.5. The van der Waals surface area contributed by atoms with Crippen molar-refractivity contribution in [2.75, 3.05) is 43.9 Å². The fraction of sp³-hybridized carbons (Fsp3) is 0.769. The molecule has 0 aromatic carbocycles. The first kappa shape index (κ1) is 16.7. The fourth-order valence-electron chi connectivity index (χ4n) is 2.54. The lowest BCUT2D eigenvalue weighted by Crippen LogP contribution is -2.48. The molecule has 21 heavy (non-hydrogen) atoms. The summed E-state index contributed by atoms with van der Waals surface area (Å²) in [6.07, 6.45) is 1.27. The molecule has 1 aliphatic heterocycles. The Labute approximate surface area is 131 Å². The van der Waals surface area contributed by atoms with Gasteiger partial charge in [-0.2, -0.15) is 4.31 Å². The molecule has 8 heteroatoms. The standard InChI is InChI=1S/C13H24N4O2S2/c1-5-14-10(2)12-11(3)15-13(20-12)16-6-8-17(9-7-16)21(4,18)19/h10,14H,5-9H2,1-4H3. The largest absolute Gasteiger partial charge is 0.345 e. The second-order valence-electron chi connectivity index (χ2n) is 5.37. The third-order valence-corrected chi connectivity index (χ3v) is 6.41. The van der Waals surface area contributed by atoms with Crippen molar-refractivity contribution in [1.82, 2.24) is 14.6 Å². The van der Waals surface area contributed by atoms with Gasteiger partial charge in [-0.15, -0.1) is 11.3 Å². The number of anilines is 1. The van der Waals surface area contributed by atoms with Gasteiger partial charge in [0.2, 0.25) is 10.0 Å². The zero-order valence-electron chi connectivity index (χ0n) is 13.1. The predicted molar refractivity (Wildman–Crippen MR) is 87.6 cm³/mol. The summed E-state index contributed by atoms with van der Waals surface area (Å²) in [5, 5.41) is 4.41. The third kappa shape index (κ3) is 3.94. The van der Waals surface area contributed by atoms with Crippen molar-refractivity contribution in [1.29, 1.82) is 0 Å². The lowest BCUT2D eigenvalue weighted by atomic mass is 10.2. The SMILES string of the molecule is CCNC(C)c1sc(N2CCN(S(C)(=O)=O)CC2)nc1C. The molecule has 1 atom stereocenters. The molecule has 0 aliphatic carbocycles. The minimum absolute atomic E-state index is 0.304. The van der Waals surface area contributed by atoms with Crippen LogP contribution >= 0.6 is 11.3 Å². The average molecular weight is 332 g/mol. The zero-order valence-corrected chi connectivity index (χ0v) is 14.7. The molecule has 0 bridgehead atoms. The van der Waals surface area contributed by atoms with E-state index in [1.807, 2.05) is 6.92 Å². The van der Waals surface area contributed by atoms with Crippen LogP contribution in [-0.2, 0) is 10.0 Å². The van der Waals surface area contributed by atoms with Gasteiger partial charge in [-0.25, -0.2) is 13.4 Å². The maximum atomic E-state index is 11.5. The first-order valence-corrected chi connectivity index (χ1v) is 9.90. The molecule has 1 unspecified atom stereocenters. The van der Waals surface area contributed by atoms with E-state index in [-0.39, 0.29) is 0 Å². The van der Waals surface area contributed by atoms with Crippen molar-refractivity contribution in [3.8, 4) is 0 Å². The Balaban J connectivity index is 2.06. The summed E-state index contributed by atoms with van der Waals surface area (Å²) in [6.45, 7) is 9.69. The van der Waals surface area contributed by atoms with Crippen molar-refractivity contribution in [3.63, 3.8) is 0 Å². The van der Waals surface area contributed by atoms with E-state index in [1.54, 1.807) is 11.3 Å². The van der Waals surface area contributed by atoms with Gasteiger partial charge in [0, 0.05) is 37.1 Å². The van der Waals surface area contributed by atoms with Crippen LogP contribution < -0.4 is 10.2 Å². The summed E-state index contributed by atoms with van der Waals surface area (Å²) in [4.78, 5) is 8.10. The summed E-state index contributed by atoms with van der Waals surface area (Å²) in [5.41, 5.74) is 1.06. The van der Waals surface area contributed by atoms with E-state index >= 15 is 0 Å². The Kier molecular flexibility index (Phi) is 5.24. The Morgan fingerprint density at radius 3 is 2.48 bits per heavy atom. The summed E-state index contributed by atoms with van der Waals surface area (Å²) in [5.74, 6) is 0. The smallest absolute Gasteiger partial charge is 0.211 e. The van der Waals surface area contributed by atoms with Gasteiger partial charge in [0.1, 0.15) is 0 Å². The molecule has 2 rings (SSSR count). The van der Waals surface area contributed by atoms with Crippen LogP contribution in [0.25, 0.3) is 0 Å². The van der Waals surface area contributed by atoms with Crippen molar-refractivity contribution >= 4 is 26.5 Å². The number of thiazole rings is 1. The minimum Gasteiger partial charge on any atom is -0.345 e. The number of hydrogen-bond acceptors (Lipinski definition) is 6. The van der Waals surface area contributed by atoms with E-state index in [0.29, 0.717) is 32.2 Å². The van der Waals surface area contributed by atoms with Gasteiger partial charge in [0.05, 0.1) is 11.9 Å². The number of nitrogens with zero attached hydrogens (tertiary/aromatic N) is 3. The maximum Gasteiger partial charge on any atom is 0.211 e. The number of aryl methyl sites for hydroxylation is 1. The van der Waals surface area contributed by atoms with Gasteiger partial charge in [0.15, 0.2) is 5.13 Å². The normalized spacial score (nSPS) is 19.0. The molecule has 1 fully saturated rings. The van der Waals surface area contributed by atoms with Crippen LogP contribution in [0.2, 0.25) is 0 Å². The second kappa shape index (κ2) is 6.60. The lowest BCUT2D eigenvalue weighted by Gasteiger charge is -2.33. The summed E-state index contributed by atoms with van der Waals surface area (Å²) in [6, 6.07) is 0.304. The first-order valence-electron chi connectivity index (χ1n) is 7.23. The van der Waals surface area contributed by atoms with Gasteiger partial charge in [-0.3, -0.25) is 0 Å². The van der Waals surface area contributed by atoms with Crippen molar-refractivity contribution in [3.05, 3.63) is 10.6 Å². The third-order valence-electron chi connectivity index (χ3n) is 3.70. The Morgan fingerprint density at radius 1 is 1.33 bits per heavy atom. The van der Waals surface area contributed by atoms with Crippen LogP contribution in [-0.4, -0.2) is 56.7 Å². The molecule has 1 aliphatic rings. The summed E-state index contributed by atoms with van der Waals surface area (Å²) < 4.78 is 24.6. The predicted octanol–water partition coefficient (Wildman–Crippen LogP) is 1.20. The van der Waals surface area contributed by atoms with Crippen LogP contribution in [0.4, 0.5) is 5.13 Å². The van der Waals surface area contributed by atoms with Gasteiger partial charge in [-0.1, -0.05) is 6.92 Å². The molecule has 1 N–H and O–H groups in total. The van der Waals surface area contributed by atoms with Crippen molar-refractivity contribution < 1.29 is 8.42 Å². The fourth-order valence-corrected chi connectivity index (χ4v) is 4.51. The summed E-state index contributed by atoms with van der Waals surface area (Å²) >= 11 is 1.71. The van der Waals surface area contributed by atoms with E-state index in [1.165, 1.54) is 15.4 Å². The van der Waals surface area contributed by atoms with E-state index in [4.69, 9.17) is 0 Å². The topological polar surface area (TPSA) is 65.5 Å². The number of sulfonamides is 1. The Bertz CT molecular complexity index is 577. The number of rotatable bonds is 5. The molecule has 0 amide bonds. The van der Waals surface area contributed by atoms with Crippen molar-refractivity contribution in [2.45, 2.75) is 26.8 Å². The highest BCUT2D eigenvalue weighted by molar-refractivity contribution is 7.88. The molecular formula is C13H24N4O2S2. The van der Waals surface area contributed by atoms with Crippen LogP contribution in [0, 0.1) is 6.92 Å². The van der Waals surface area contributed by atoms with Gasteiger partial charge < -0.3 is 10.2 Å². The number of hydrogen-bond donors (Lipinski definition) is 1. The first-order chi connectivity index (χ1) is 9.82. The van der Waals surface area contributed by atoms with Crippen LogP contribution in [0.1, 0.15) is 30.5 Å². The quantitative estimate of drug-likeness (QED) is 0.878. The van der Waals surface area contributed by atoms with E-state index in [2.05, 4.69) is 29.0 Å². The van der Waals surface area contributed by atoms with Crippen LogP contribution in [0.5, 0.6) is 0 Å². The highest BCUT2D eigenvalue weighted by Crippen LogP contribution is 2.31. The minimum atomic E-state index is -3.08. The molecular weight excluding hydrogens is 308 g/mol. The Hall–Kier alpha value is -0.700. The Morgan fingerprint density at radius 2 is 1.95 bits per heavy atom. The summed E-state index contributed by atoms with van der Waals surface area (Å²) in [7, 11) is -3.08. The molecule has 0 radical (unpaired) electrons. The van der Waals surface area contributed by atoms with E-state index < -0.39 is 10.0 Å². The van der Waals surface area contributed by atoms with Crippen LogP contribution in [0.15, 0.2) is 0 Å². The average Bonchev–Trinajstić information content (AvgIpc) is 2.80. The van der Waals surface area contributed by atoms with Crippen molar-refractivity contribution in [2.24, 2.45) is 0 Å². The molecule has 1 aromatic heterocycles. The molecule has 2 heterocycles. The molecule has 0 spiro atoms. The number of aromatic nitrogens is 1. The second-order valence-corrected chi connectivity index (χ2v) is 8.37. The number of piperazine rings is 1. The molecule has 1 saturated heterocycles. The lowest BCUT2D eigenvalue weighted by molar-refractivity contribution is 0.388. The van der Waals surface area contributed by atoms with Crippen LogP contribution in [0.3, 0.4) is 0 Å². The monoisotopic (exact) mass is 332 g/mol. The van der Waals surface area contributed by atoms with Gasteiger partial charge in [0.25, 0.3) is 0 Å². The molecule has 1 aromatic rings. The van der Waals surface area contributed by atoms with Gasteiger partial charge >= 0.3 is 0 Å². The number of nitrogens with one attached hydrogen (secondary N) is 1. The molecule has 6 nitrogen and oxygen atoms in total. The van der Waals surface area contributed by atoms with E-state index in [9.17, 15) is 8.42 Å². The van der Waals surface area contributed by atoms with E-state index in [0.717, 1.165) is 17.4 Å². The van der Waals surface area contributed by atoms with Gasteiger partial charge in [-0.05, 0) is 20.4 Å². The molecule has 0 saturated carbocycles. The highest BCUT2D eigenvalue weighted by Gasteiger charge is 2.25.